The van der Waals surface area contributed by atoms with E-state index in [1.54, 1.807) is 31.2 Å². The van der Waals surface area contributed by atoms with Crippen LogP contribution in [0.2, 0.25) is 0 Å². The van der Waals surface area contributed by atoms with Crippen molar-refractivity contribution >= 4 is 5.97 Å². The molecule has 1 aromatic carbocycles. The zero-order valence-corrected chi connectivity index (χ0v) is 17.5. The normalized spacial score (nSPS) is 25.2. The summed E-state index contributed by atoms with van der Waals surface area (Å²) >= 11 is 0. The lowest BCUT2D eigenvalue weighted by molar-refractivity contribution is -0.283. The van der Waals surface area contributed by atoms with Crippen molar-refractivity contribution in [3.63, 3.8) is 0 Å². The van der Waals surface area contributed by atoms with E-state index in [-0.39, 0.29) is 25.0 Å². The third-order valence-corrected chi connectivity index (χ3v) is 5.04. The van der Waals surface area contributed by atoms with Gasteiger partial charge in [-0.2, -0.15) is 13.2 Å². The van der Waals surface area contributed by atoms with Crippen molar-refractivity contribution in [3.8, 4) is 23.7 Å². The van der Waals surface area contributed by atoms with Crippen molar-refractivity contribution in [2.45, 2.75) is 43.4 Å². The van der Waals surface area contributed by atoms with Crippen molar-refractivity contribution in [2.24, 2.45) is 0 Å². The number of alkyl halides is 3. The van der Waals surface area contributed by atoms with Crippen molar-refractivity contribution in [2.75, 3.05) is 13.7 Å². The number of rotatable bonds is 4. The standard InChI is InChI=1S/C24H21F3O5/c1-3-4-5-9-12-19-13-15-22(32-19)16-14-20(17-30-22)31-21(28)23(29-2,24(25,26)27)18-10-7-6-8-11-18/h6-8,10-13,15,20H,14,16-17H2,1-2H3. The number of hydrogen-bond acceptors (Lipinski definition) is 5. The highest BCUT2D eigenvalue weighted by atomic mass is 19.4. The molecule has 0 amide bonds. The molecule has 1 spiro atoms. The maximum absolute atomic E-state index is 14.0. The molecule has 1 aromatic rings. The largest absolute Gasteiger partial charge is 0.458 e. The second kappa shape index (κ2) is 9.52. The molecule has 0 radical (unpaired) electrons. The Hall–Kier alpha value is -3.20. The molecule has 0 aliphatic carbocycles. The first-order valence-corrected chi connectivity index (χ1v) is 9.79. The third kappa shape index (κ3) is 4.67. The molecule has 2 aliphatic heterocycles. The molecular weight excluding hydrogens is 425 g/mol. The van der Waals surface area contributed by atoms with E-state index in [1.807, 2.05) is 0 Å². The topological polar surface area (TPSA) is 54.0 Å². The predicted molar refractivity (Wildman–Crippen MR) is 109 cm³/mol. The fourth-order valence-corrected chi connectivity index (χ4v) is 3.44. The first-order chi connectivity index (χ1) is 15.3. The summed E-state index contributed by atoms with van der Waals surface area (Å²) < 4.78 is 63.4. The Morgan fingerprint density at radius 1 is 1.25 bits per heavy atom. The maximum Gasteiger partial charge on any atom is 0.432 e. The highest BCUT2D eigenvalue weighted by molar-refractivity contribution is 5.82. The van der Waals surface area contributed by atoms with Gasteiger partial charge in [-0.3, -0.25) is 0 Å². The van der Waals surface area contributed by atoms with E-state index in [0.717, 1.165) is 7.11 Å². The number of carbonyl (C=O) groups excluding carboxylic acids is 1. The fraction of sp³-hybridized carbons (Fsp3) is 0.375. The second-order valence-electron chi connectivity index (χ2n) is 7.06. The summed E-state index contributed by atoms with van der Waals surface area (Å²) in [6, 6.07) is 6.67. The van der Waals surface area contributed by atoms with Gasteiger partial charge >= 0.3 is 12.1 Å². The number of methoxy groups -OCH3 is 1. The molecule has 0 saturated carbocycles. The molecule has 1 fully saturated rings. The van der Waals surface area contributed by atoms with Crippen LogP contribution in [-0.2, 0) is 29.3 Å². The van der Waals surface area contributed by atoms with E-state index >= 15 is 0 Å². The lowest BCUT2D eigenvalue weighted by Gasteiger charge is -2.37. The lowest BCUT2D eigenvalue weighted by Crippen LogP contribution is -2.53. The Morgan fingerprint density at radius 2 is 2.00 bits per heavy atom. The molecule has 168 valence electrons. The number of carbonyl (C=O) groups is 1. The van der Waals surface area contributed by atoms with Crippen LogP contribution in [0.25, 0.3) is 0 Å². The van der Waals surface area contributed by atoms with E-state index in [2.05, 4.69) is 23.7 Å². The summed E-state index contributed by atoms with van der Waals surface area (Å²) in [6.45, 7) is 1.54. The van der Waals surface area contributed by atoms with Gasteiger partial charge in [0.1, 0.15) is 11.9 Å². The van der Waals surface area contributed by atoms with Crippen LogP contribution in [0.5, 0.6) is 0 Å². The quantitative estimate of drug-likeness (QED) is 0.517. The summed E-state index contributed by atoms with van der Waals surface area (Å²) in [5, 5.41) is 0. The number of esters is 1. The van der Waals surface area contributed by atoms with Crippen LogP contribution in [0.4, 0.5) is 13.2 Å². The minimum atomic E-state index is -5.03. The fourth-order valence-electron chi connectivity index (χ4n) is 3.44. The summed E-state index contributed by atoms with van der Waals surface area (Å²) in [6.07, 6.45) is -0.476. The average Bonchev–Trinajstić information content (AvgIpc) is 3.16. The van der Waals surface area contributed by atoms with Gasteiger partial charge in [0.05, 0.1) is 6.61 Å². The maximum atomic E-state index is 14.0. The molecule has 0 bridgehead atoms. The number of benzene rings is 1. The van der Waals surface area contributed by atoms with E-state index in [4.69, 9.17) is 18.9 Å². The number of hydrogen-bond donors (Lipinski definition) is 0. The average molecular weight is 446 g/mol. The van der Waals surface area contributed by atoms with Gasteiger partial charge in [0, 0.05) is 25.2 Å². The number of ether oxygens (including phenoxy) is 4. The Labute approximate surface area is 184 Å². The Balaban J connectivity index is 1.68. The van der Waals surface area contributed by atoms with Crippen LogP contribution in [-0.4, -0.2) is 37.8 Å². The van der Waals surface area contributed by atoms with Gasteiger partial charge in [-0.25, -0.2) is 4.79 Å². The van der Waals surface area contributed by atoms with Gasteiger partial charge in [-0.15, -0.1) is 0 Å². The summed E-state index contributed by atoms with van der Waals surface area (Å²) in [5.41, 5.74) is -3.60. The lowest BCUT2D eigenvalue weighted by atomic mass is 9.92. The smallest absolute Gasteiger partial charge is 0.432 e. The Bertz CT molecular complexity index is 1010. The van der Waals surface area contributed by atoms with Gasteiger partial charge < -0.3 is 18.9 Å². The Morgan fingerprint density at radius 3 is 2.59 bits per heavy atom. The molecule has 3 rings (SSSR count). The molecule has 32 heavy (non-hydrogen) atoms. The monoisotopic (exact) mass is 446 g/mol. The van der Waals surface area contributed by atoms with Gasteiger partial charge in [0.2, 0.25) is 5.79 Å². The third-order valence-electron chi connectivity index (χ3n) is 5.04. The van der Waals surface area contributed by atoms with Crippen LogP contribution >= 0.6 is 0 Å². The van der Waals surface area contributed by atoms with Crippen LogP contribution < -0.4 is 0 Å². The number of allylic oxidation sites excluding steroid dienone is 2. The van der Waals surface area contributed by atoms with Crippen molar-refractivity contribution < 1.29 is 36.9 Å². The van der Waals surface area contributed by atoms with E-state index in [0.29, 0.717) is 5.76 Å². The summed E-state index contributed by atoms with van der Waals surface area (Å²) in [4.78, 5) is 12.7. The molecule has 3 atom stereocenters. The van der Waals surface area contributed by atoms with E-state index in [9.17, 15) is 18.0 Å². The van der Waals surface area contributed by atoms with E-state index < -0.39 is 29.6 Å². The molecule has 3 unspecified atom stereocenters. The molecular formula is C24H21F3O5. The zero-order chi connectivity index (χ0) is 23.2. The van der Waals surface area contributed by atoms with Crippen molar-refractivity contribution in [1.29, 1.82) is 0 Å². The van der Waals surface area contributed by atoms with Gasteiger partial charge in [0.15, 0.2) is 0 Å². The first-order valence-electron chi connectivity index (χ1n) is 9.79. The molecule has 0 aromatic heterocycles. The van der Waals surface area contributed by atoms with Crippen LogP contribution in [0.1, 0.15) is 25.3 Å². The second-order valence-corrected chi connectivity index (χ2v) is 7.06. The van der Waals surface area contributed by atoms with Gasteiger partial charge in [0.25, 0.3) is 5.60 Å². The molecule has 2 heterocycles. The molecule has 5 nitrogen and oxygen atoms in total. The highest BCUT2D eigenvalue weighted by Gasteiger charge is 2.64. The summed E-state index contributed by atoms with van der Waals surface area (Å²) in [5.74, 6) is 8.48. The minimum Gasteiger partial charge on any atom is -0.458 e. The SMILES string of the molecule is CC#CC#CC=C1C=CC2(CCC(OC(=O)C(OC)(c3ccccc3)C(F)(F)F)CO2)O1. The van der Waals surface area contributed by atoms with Crippen molar-refractivity contribution in [1.82, 2.24) is 0 Å². The molecule has 2 aliphatic rings. The molecule has 0 N–H and O–H groups in total. The van der Waals surface area contributed by atoms with E-state index in [1.165, 1.54) is 24.3 Å². The van der Waals surface area contributed by atoms with Gasteiger partial charge in [-0.1, -0.05) is 42.2 Å². The molecule has 1 saturated heterocycles. The van der Waals surface area contributed by atoms with Crippen molar-refractivity contribution in [3.05, 3.63) is 59.9 Å². The first kappa shape index (κ1) is 23.5. The summed E-state index contributed by atoms with van der Waals surface area (Å²) in [7, 11) is 0.828. The zero-order valence-electron chi connectivity index (χ0n) is 17.5. The molecule has 8 heteroatoms. The van der Waals surface area contributed by atoms with Crippen LogP contribution in [0.15, 0.2) is 54.3 Å². The van der Waals surface area contributed by atoms with Gasteiger partial charge in [-0.05, 0) is 37.3 Å². The predicted octanol–water partition coefficient (Wildman–Crippen LogP) is 4.01. The Kier molecular flexibility index (Phi) is 6.98. The number of halogens is 3. The van der Waals surface area contributed by atoms with Crippen LogP contribution in [0.3, 0.4) is 0 Å². The van der Waals surface area contributed by atoms with Crippen LogP contribution in [0, 0.1) is 23.7 Å². The highest BCUT2D eigenvalue weighted by Crippen LogP contribution is 2.44. The minimum absolute atomic E-state index is 0.136.